The number of nitrogens with one attached hydrogen (secondary N) is 1. The highest BCUT2D eigenvalue weighted by Crippen LogP contribution is 2.47. The lowest BCUT2D eigenvalue weighted by Gasteiger charge is -2.16. The molecule has 1 saturated carbocycles. The Kier molecular flexibility index (Phi) is 3.95. The van der Waals surface area contributed by atoms with Gasteiger partial charge in [-0.25, -0.2) is 9.78 Å². The zero-order valence-corrected chi connectivity index (χ0v) is 15.2. The van der Waals surface area contributed by atoms with Crippen LogP contribution in [0, 0.1) is 0 Å². The van der Waals surface area contributed by atoms with Crippen molar-refractivity contribution in [2.75, 3.05) is 6.54 Å². The lowest BCUT2D eigenvalue weighted by molar-refractivity contribution is 0.0949. The van der Waals surface area contributed by atoms with E-state index in [1.807, 2.05) is 18.2 Å². The van der Waals surface area contributed by atoms with Crippen LogP contribution in [0.5, 0.6) is 0 Å². The summed E-state index contributed by atoms with van der Waals surface area (Å²) in [5.41, 5.74) is 0.894. The number of pyridine rings is 1. The number of aromatic nitrogens is 3. The Morgan fingerprint density at radius 3 is 2.52 bits per heavy atom. The molecule has 0 atom stereocenters. The molecule has 1 aromatic carbocycles. The molecule has 2 aromatic heterocycles. The van der Waals surface area contributed by atoms with Crippen LogP contribution in [0.25, 0.3) is 11.0 Å². The Balaban J connectivity index is 1.61. The Labute approximate surface area is 155 Å². The van der Waals surface area contributed by atoms with E-state index in [2.05, 4.69) is 22.4 Å². The number of rotatable bonds is 4. The molecular weight excluding hydrogens is 344 g/mol. The van der Waals surface area contributed by atoms with Crippen LogP contribution in [-0.4, -0.2) is 26.6 Å². The van der Waals surface area contributed by atoms with E-state index < -0.39 is 11.2 Å². The van der Waals surface area contributed by atoms with Crippen molar-refractivity contribution in [3.05, 3.63) is 74.6 Å². The van der Waals surface area contributed by atoms with Crippen molar-refractivity contribution >= 4 is 16.9 Å². The molecule has 4 rings (SSSR count). The molecule has 1 N–H and O–H groups in total. The van der Waals surface area contributed by atoms with E-state index in [1.54, 1.807) is 7.05 Å². The van der Waals surface area contributed by atoms with Crippen molar-refractivity contribution in [2.24, 2.45) is 14.1 Å². The second kappa shape index (κ2) is 6.19. The predicted molar refractivity (Wildman–Crippen MR) is 102 cm³/mol. The van der Waals surface area contributed by atoms with Crippen LogP contribution in [0.15, 0.2) is 52.2 Å². The first kappa shape index (κ1) is 17.2. The molecule has 1 amide bonds. The molecule has 0 unspecified atom stereocenters. The Hall–Kier alpha value is -3.22. The van der Waals surface area contributed by atoms with E-state index >= 15 is 0 Å². The standard InChI is InChI=1S/C20H20N4O3/c1-23-16-15(18(26)24(2)19(23)27)10-13(11-21-16)17(25)22-12-20(8-9-20)14-6-4-3-5-7-14/h3-7,10-11H,8-9,12H2,1-2H3,(H,22,25). The number of fused-ring (bicyclic) bond motifs is 1. The van der Waals surface area contributed by atoms with E-state index in [9.17, 15) is 14.4 Å². The van der Waals surface area contributed by atoms with Gasteiger partial charge in [0.15, 0.2) is 0 Å². The topological polar surface area (TPSA) is 86.0 Å². The molecule has 0 bridgehead atoms. The number of amides is 1. The molecule has 138 valence electrons. The molecular formula is C20H20N4O3. The maximum absolute atomic E-state index is 12.6. The summed E-state index contributed by atoms with van der Waals surface area (Å²) in [5, 5.41) is 3.22. The normalized spacial score (nSPS) is 14.9. The molecule has 7 heteroatoms. The molecule has 1 aliphatic rings. The van der Waals surface area contributed by atoms with Gasteiger partial charge in [0, 0.05) is 32.3 Å². The molecule has 3 aromatic rings. The summed E-state index contributed by atoms with van der Waals surface area (Å²) in [5.74, 6) is -0.275. The van der Waals surface area contributed by atoms with Crippen molar-refractivity contribution in [1.82, 2.24) is 19.4 Å². The summed E-state index contributed by atoms with van der Waals surface area (Å²) < 4.78 is 2.31. The van der Waals surface area contributed by atoms with Crippen LogP contribution in [0.2, 0.25) is 0 Å². The van der Waals surface area contributed by atoms with E-state index in [-0.39, 0.29) is 22.4 Å². The number of aryl methyl sites for hydroxylation is 1. The van der Waals surface area contributed by atoms with E-state index in [4.69, 9.17) is 0 Å². The number of nitrogens with zero attached hydrogens (tertiary/aromatic N) is 3. The van der Waals surface area contributed by atoms with Crippen molar-refractivity contribution in [2.45, 2.75) is 18.3 Å². The van der Waals surface area contributed by atoms with Crippen molar-refractivity contribution in [3.8, 4) is 0 Å². The largest absolute Gasteiger partial charge is 0.351 e. The Morgan fingerprint density at radius 2 is 1.85 bits per heavy atom. The second-order valence-electron chi connectivity index (χ2n) is 7.13. The molecule has 7 nitrogen and oxygen atoms in total. The van der Waals surface area contributed by atoms with Crippen molar-refractivity contribution in [1.29, 1.82) is 0 Å². The van der Waals surface area contributed by atoms with Crippen LogP contribution in [0.3, 0.4) is 0 Å². The van der Waals surface area contributed by atoms with Crippen molar-refractivity contribution < 1.29 is 4.79 Å². The lowest BCUT2D eigenvalue weighted by Crippen LogP contribution is -2.37. The lowest BCUT2D eigenvalue weighted by atomic mass is 9.96. The first-order chi connectivity index (χ1) is 12.9. The van der Waals surface area contributed by atoms with Crippen LogP contribution >= 0.6 is 0 Å². The van der Waals surface area contributed by atoms with Gasteiger partial charge < -0.3 is 5.32 Å². The fourth-order valence-electron chi connectivity index (χ4n) is 3.45. The second-order valence-corrected chi connectivity index (χ2v) is 7.13. The predicted octanol–water partition coefficient (Wildman–Crippen LogP) is 1.09. The quantitative estimate of drug-likeness (QED) is 0.751. The van der Waals surface area contributed by atoms with Gasteiger partial charge in [0.05, 0.1) is 10.9 Å². The SMILES string of the molecule is Cn1c(=O)c2cc(C(=O)NCC3(c4ccccc4)CC3)cnc2n(C)c1=O. The minimum absolute atomic E-state index is 0.00122. The van der Waals surface area contributed by atoms with Crippen LogP contribution in [0.1, 0.15) is 28.8 Å². The summed E-state index contributed by atoms with van der Waals surface area (Å²) in [6, 6.07) is 11.7. The number of benzene rings is 1. The first-order valence-corrected chi connectivity index (χ1v) is 8.82. The van der Waals surface area contributed by atoms with Gasteiger partial charge in [-0.2, -0.15) is 0 Å². The fourth-order valence-corrected chi connectivity index (χ4v) is 3.45. The van der Waals surface area contributed by atoms with Crippen LogP contribution < -0.4 is 16.6 Å². The average Bonchev–Trinajstić information content (AvgIpc) is 3.50. The number of hydrogen-bond acceptors (Lipinski definition) is 4. The Bertz CT molecular complexity index is 1160. The molecule has 27 heavy (non-hydrogen) atoms. The molecule has 0 spiro atoms. The van der Waals surface area contributed by atoms with Gasteiger partial charge >= 0.3 is 5.69 Å². The van der Waals surface area contributed by atoms with Gasteiger partial charge in [-0.15, -0.1) is 0 Å². The van der Waals surface area contributed by atoms with Gasteiger partial charge in [-0.3, -0.25) is 18.7 Å². The number of carbonyl (C=O) groups excluding carboxylic acids is 1. The highest BCUT2D eigenvalue weighted by molar-refractivity contribution is 5.96. The molecule has 0 aliphatic heterocycles. The highest BCUT2D eigenvalue weighted by atomic mass is 16.2. The van der Waals surface area contributed by atoms with Gasteiger partial charge in [0.25, 0.3) is 11.5 Å². The van der Waals surface area contributed by atoms with Crippen LogP contribution in [-0.2, 0) is 19.5 Å². The highest BCUT2D eigenvalue weighted by Gasteiger charge is 2.44. The van der Waals surface area contributed by atoms with Crippen LogP contribution in [0.4, 0.5) is 0 Å². The number of carbonyl (C=O) groups is 1. The first-order valence-electron chi connectivity index (χ1n) is 8.82. The zero-order chi connectivity index (χ0) is 19.2. The average molecular weight is 364 g/mol. The van der Waals surface area contributed by atoms with Gasteiger partial charge in [0.2, 0.25) is 0 Å². The molecule has 0 saturated heterocycles. The number of hydrogen-bond donors (Lipinski definition) is 1. The Morgan fingerprint density at radius 1 is 1.15 bits per heavy atom. The summed E-state index contributed by atoms with van der Waals surface area (Å²) in [6.45, 7) is 0.541. The monoisotopic (exact) mass is 364 g/mol. The summed E-state index contributed by atoms with van der Waals surface area (Å²) >= 11 is 0. The molecule has 1 aliphatic carbocycles. The fraction of sp³-hybridized carbons (Fsp3) is 0.300. The minimum atomic E-state index is -0.460. The maximum atomic E-state index is 12.6. The zero-order valence-electron chi connectivity index (χ0n) is 15.2. The molecule has 1 fully saturated rings. The van der Waals surface area contributed by atoms with Crippen molar-refractivity contribution in [3.63, 3.8) is 0 Å². The van der Waals surface area contributed by atoms with E-state index in [0.717, 1.165) is 17.4 Å². The van der Waals surface area contributed by atoms with E-state index in [1.165, 1.54) is 29.4 Å². The smallest absolute Gasteiger partial charge is 0.332 e. The minimum Gasteiger partial charge on any atom is -0.351 e. The summed E-state index contributed by atoms with van der Waals surface area (Å²) in [4.78, 5) is 41.1. The summed E-state index contributed by atoms with van der Waals surface area (Å²) in [7, 11) is 2.96. The third-order valence-corrected chi connectivity index (χ3v) is 5.38. The van der Waals surface area contributed by atoms with Gasteiger partial charge in [-0.05, 0) is 24.5 Å². The molecule has 2 heterocycles. The summed E-state index contributed by atoms with van der Waals surface area (Å²) in [6.07, 6.45) is 3.48. The van der Waals surface area contributed by atoms with Gasteiger partial charge in [0.1, 0.15) is 5.65 Å². The third kappa shape index (κ3) is 2.85. The molecule has 0 radical (unpaired) electrons. The third-order valence-electron chi connectivity index (χ3n) is 5.38. The van der Waals surface area contributed by atoms with Gasteiger partial charge in [-0.1, -0.05) is 30.3 Å². The maximum Gasteiger partial charge on any atom is 0.332 e. The van der Waals surface area contributed by atoms with E-state index in [0.29, 0.717) is 12.1 Å².